The molecule has 0 radical (unpaired) electrons. The van der Waals surface area contributed by atoms with Gasteiger partial charge in [-0.2, -0.15) is 0 Å². The molecule has 1 aromatic heterocycles. The van der Waals surface area contributed by atoms with Crippen molar-refractivity contribution in [1.29, 1.82) is 0 Å². The number of nitrogens with two attached hydrogens (primary N) is 1. The van der Waals surface area contributed by atoms with Gasteiger partial charge in [0.15, 0.2) is 0 Å². The minimum atomic E-state index is -0.319. The molecular formula is C14H14ClFN2. The summed E-state index contributed by atoms with van der Waals surface area (Å²) in [5.74, 6) is -0.319. The average molecular weight is 265 g/mol. The van der Waals surface area contributed by atoms with Gasteiger partial charge in [-0.15, -0.1) is 0 Å². The molecule has 18 heavy (non-hydrogen) atoms. The SMILES string of the molecule is NC1CCCc2c1ccn2-c1cc(F)cc(Cl)c1. The van der Waals surface area contributed by atoms with Crippen LogP contribution in [0.1, 0.15) is 30.1 Å². The molecular weight excluding hydrogens is 251 g/mol. The molecule has 4 heteroatoms. The fourth-order valence-electron chi connectivity index (χ4n) is 2.65. The summed E-state index contributed by atoms with van der Waals surface area (Å²) in [6, 6.07) is 6.70. The van der Waals surface area contributed by atoms with Crippen LogP contribution in [0.4, 0.5) is 4.39 Å². The van der Waals surface area contributed by atoms with Crippen LogP contribution in [-0.4, -0.2) is 4.57 Å². The lowest BCUT2D eigenvalue weighted by molar-refractivity contribution is 0.559. The van der Waals surface area contributed by atoms with Gasteiger partial charge in [0.2, 0.25) is 0 Å². The zero-order valence-electron chi connectivity index (χ0n) is 9.87. The fourth-order valence-corrected chi connectivity index (χ4v) is 2.86. The molecule has 1 aliphatic carbocycles. The van der Waals surface area contributed by atoms with Gasteiger partial charge in [-0.25, -0.2) is 4.39 Å². The predicted octanol–water partition coefficient (Wildman–Crippen LogP) is 3.61. The number of rotatable bonds is 1. The standard InChI is InChI=1S/C14H14ClFN2/c15-9-6-10(16)8-11(7-9)18-5-4-12-13(17)2-1-3-14(12)18/h4-8,13H,1-3,17H2. The Bertz CT molecular complexity index is 571. The fraction of sp³-hybridized carbons (Fsp3) is 0.286. The molecule has 94 valence electrons. The monoisotopic (exact) mass is 264 g/mol. The molecule has 0 bridgehead atoms. The molecule has 0 spiro atoms. The van der Waals surface area contributed by atoms with E-state index in [1.54, 1.807) is 6.07 Å². The average Bonchev–Trinajstić information content (AvgIpc) is 2.73. The van der Waals surface area contributed by atoms with Gasteiger partial charge in [0.25, 0.3) is 0 Å². The first kappa shape index (κ1) is 11.8. The second-order valence-corrected chi connectivity index (χ2v) is 5.15. The Labute approximate surface area is 110 Å². The van der Waals surface area contributed by atoms with E-state index in [-0.39, 0.29) is 11.9 Å². The summed E-state index contributed by atoms with van der Waals surface area (Å²) in [5, 5.41) is 0.410. The second kappa shape index (κ2) is 4.41. The Morgan fingerprint density at radius 3 is 2.94 bits per heavy atom. The van der Waals surface area contributed by atoms with Crippen LogP contribution in [0.2, 0.25) is 5.02 Å². The third-order valence-electron chi connectivity index (χ3n) is 3.48. The molecule has 0 saturated carbocycles. The molecule has 2 aromatic rings. The molecule has 0 saturated heterocycles. The van der Waals surface area contributed by atoms with Crippen molar-refractivity contribution in [2.24, 2.45) is 5.73 Å². The highest BCUT2D eigenvalue weighted by Crippen LogP contribution is 2.31. The number of hydrogen-bond donors (Lipinski definition) is 1. The summed E-state index contributed by atoms with van der Waals surface area (Å²) < 4.78 is 15.4. The molecule has 0 amide bonds. The van der Waals surface area contributed by atoms with Crippen molar-refractivity contribution in [2.75, 3.05) is 0 Å². The third-order valence-corrected chi connectivity index (χ3v) is 3.70. The number of aromatic nitrogens is 1. The van der Waals surface area contributed by atoms with Gasteiger partial charge >= 0.3 is 0 Å². The molecule has 2 nitrogen and oxygen atoms in total. The summed E-state index contributed by atoms with van der Waals surface area (Å²) in [5.41, 5.74) is 9.19. The van der Waals surface area contributed by atoms with Crippen molar-refractivity contribution in [1.82, 2.24) is 4.57 Å². The maximum Gasteiger partial charge on any atom is 0.126 e. The number of halogens is 2. The molecule has 1 unspecified atom stereocenters. The lowest BCUT2D eigenvalue weighted by Gasteiger charge is -2.21. The van der Waals surface area contributed by atoms with Crippen molar-refractivity contribution >= 4 is 11.6 Å². The van der Waals surface area contributed by atoms with Crippen LogP contribution in [0.5, 0.6) is 0 Å². The minimum Gasteiger partial charge on any atom is -0.324 e. The number of hydrogen-bond acceptors (Lipinski definition) is 1. The highest BCUT2D eigenvalue weighted by Gasteiger charge is 2.20. The molecule has 1 aliphatic rings. The third kappa shape index (κ3) is 1.93. The Balaban J connectivity index is 2.12. The zero-order valence-corrected chi connectivity index (χ0v) is 10.6. The van der Waals surface area contributed by atoms with Crippen LogP contribution >= 0.6 is 11.6 Å². The van der Waals surface area contributed by atoms with E-state index in [4.69, 9.17) is 17.3 Å². The smallest absolute Gasteiger partial charge is 0.126 e. The number of fused-ring (bicyclic) bond motifs is 1. The number of benzene rings is 1. The normalized spacial score (nSPS) is 18.7. The lowest BCUT2D eigenvalue weighted by atomic mass is 9.93. The Morgan fingerprint density at radius 1 is 1.33 bits per heavy atom. The Kier molecular flexibility index (Phi) is 2.88. The maximum absolute atomic E-state index is 13.4. The largest absolute Gasteiger partial charge is 0.324 e. The first-order valence-electron chi connectivity index (χ1n) is 6.07. The topological polar surface area (TPSA) is 30.9 Å². The van der Waals surface area contributed by atoms with E-state index in [9.17, 15) is 4.39 Å². The second-order valence-electron chi connectivity index (χ2n) is 4.71. The summed E-state index contributed by atoms with van der Waals surface area (Å²) in [6.07, 6.45) is 5.01. The van der Waals surface area contributed by atoms with Crippen molar-refractivity contribution in [3.05, 3.63) is 52.6 Å². The van der Waals surface area contributed by atoms with Crippen molar-refractivity contribution in [2.45, 2.75) is 25.3 Å². The lowest BCUT2D eigenvalue weighted by Crippen LogP contribution is -2.17. The van der Waals surface area contributed by atoms with Crippen LogP contribution in [0.25, 0.3) is 5.69 Å². The molecule has 3 rings (SSSR count). The quantitative estimate of drug-likeness (QED) is 0.838. The molecule has 0 aliphatic heterocycles. The van der Waals surface area contributed by atoms with Crippen molar-refractivity contribution in [3.8, 4) is 5.69 Å². The predicted molar refractivity (Wildman–Crippen MR) is 70.6 cm³/mol. The van der Waals surface area contributed by atoms with E-state index in [2.05, 4.69) is 0 Å². The van der Waals surface area contributed by atoms with Crippen molar-refractivity contribution < 1.29 is 4.39 Å². The zero-order chi connectivity index (χ0) is 12.7. The van der Waals surface area contributed by atoms with Crippen LogP contribution in [0.15, 0.2) is 30.5 Å². The first-order valence-corrected chi connectivity index (χ1v) is 6.45. The first-order chi connectivity index (χ1) is 8.65. The highest BCUT2D eigenvalue weighted by atomic mass is 35.5. The summed E-state index contributed by atoms with van der Waals surface area (Å²) in [6.45, 7) is 0. The van der Waals surface area contributed by atoms with Gasteiger partial charge in [-0.3, -0.25) is 0 Å². The van der Waals surface area contributed by atoms with E-state index in [0.717, 1.165) is 24.9 Å². The van der Waals surface area contributed by atoms with Crippen LogP contribution < -0.4 is 5.73 Å². The van der Waals surface area contributed by atoms with E-state index in [1.807, 2.05) is 16.8 Å². The minimum absolute atomic E-state index is 0.0963. The van der Waals surface area contributed by atoms with Crippen LogP contribution in [-0.2, 0) is 6.42 Å². The van der Waals surface area contributed by atoms with Crippen LogP contribution in [0.3, 0.4) is 0 Å². The van der Waals surface area contributed by atoms with Gasteiger partial charge in [0, 0.05) is 28.6 Å². The van der Waals surface area contributed by atoms with Gasteiger partial charge < -0.3 is 10.3 Å². The Morgan fingerprint density at radius 2 is 2.17 bits per heavy atom. The molecule has 2 N–H and O–H groups in total. The molecule has 1 heterocycles. The van der Waals surface area contributed by atoms with E-state index in [1.165, 1.54) is 23.4 Å². The van der Waals surface area contributed by atoms with Crippen molar-refractivity contribution in [3.63, 3.8) is 0 Å². The van der Waals surface area contributed by atoms with Gasteiger partial charge in [0.05, 0.1) is 0 Å². The molecule has 1 aromatic carbocycles. The van der Waals surface area contributed by atoms with Crippen LogP contribution in [0, 0.1) is 5.82 Å². The van der Waals surface area contributed by atoms with E-state index in [0.29, 0.717) is 5.02 Å². The van der Waals surface area contributed by atoms with E-state index >= 15 is 0 Å². The maximum atomic E-state index is 13.4. The van der Waals surface area contributed by atoms with Gasteiger partial charge in [-0.05, 0) is 49.1 Å². The Hall–Kier alpha value is -1.32. The molecule has 0 fully saturated rings. The summed E-state index contributed by atoms with van der Waals surface area (Å²) >= 11 is 5.90. The van der Waals surface area contributed by atoms with E-state index < -0.39 is 0 Å². The van der Waals surface area contributed by atoms with Gasteiger partial charge in [0.1, 0.15) is 5.82 Å². The van der Waals surface area contributed by atoms with Gasteiger partial charge in [-0.1, -0.05) is 11.6 Å². The highest BCUT2D eigenvalue weighted by molar-refractivity contribution is 6.30. The summed E-state index contributed by atoms with van der Waals surface area (Å²) in [7, 11) is 0. The summed E-state index contributed by atoms with van der Waals surface area (Å²) in [4.78, 5) is 0. The molecule has 1 atom stereocenters. The number of nitrogens with zero attached hydrogens (tertiary/aromatic N) is 1.